The van der Waals surface area contributed by atoms with E-state index in [0.717, 1.165) is 0 Å². The summed E-state index contributed by atoms with van der Waals surface area (Å²) in [5, 5.41) is 12.4. The summed E-state index contributed by atoms with van der Waals surface area (Å²) >= 11 is 0. The standard InChI is InChI=1S/C14H25NO5/c1-12(2,3)10(17)19-14(8-7-9(14)16)15-11(18)20-13(4,5)6/h9,16H,7-8H2,1-6H3,(H,15,18)/t9?,14-/m1/s1. The van der Waals surface area contributed by atoms with Crippen molar-refractivity contribution in [3.05, 3.63) is 0 Å². The van der Waals surface area contributed by atoms with Crippen LogP contribution in [0.25, 0.3) is 0 Å². The number of esters is 1. The molecule has 1 aliphatic rings. The van der Waals surface area contributed by atoms with Gasteiger partial charge in [-0.15, -0.1) is 0 Å². The Balaban J connectivity index is 2.74. The molecule has 1 unspecified atom stereocenters. The molecule has 1 saturated carbocycles. The minimum atomic E-state index is -1.37. The van der Waals surface area contributed by atoms with Gasteiger partial charge in [-0.25, -0.2) is 4.79 Å². The minimum absolute atomic E-state index is 0.370. The Morgan fingerprint density at radius 1 is 1.20 bits per heavy atom. The lowest BCUT2D eigenvalue weighted by Gasteiger charge is -2.46. The largest absolute Gasteiger partial charge is 0.444 e. The topological polar surface area (TPSA) is 84.9 Å². The van der Waals surface area contributed by atoms with Crippen LogP contribution in [-0.2, 0) is 14.3 Å². The molecule has 0 spiro atoms. The fourth-order valence-electron chi connectivity index (χ4n) is 1.62. The summed E-state index contributed by atoms with van der Waals surface area (Å²) < 4.78 is 10.5. The Morgan fingerprint density at radius 2 is 1.75 bits per heavy atom. The van der Waals surface area contributed by atoms with E-state index in [9.17, 15) is 14.7 Å². The Kier molecular flexibility index (Phi) is 4.39. The summed E-state index contributed by atoms with van der Waals surface area (Å²) in [5.41, 5.74) is -2.74. The highest BCUT2D eigenvalue weighted by Gasteiger charge is 2.52. The van der Waals surface area contributed by atoms with Crippen LogP contribution < -0.4 is 5.32 Å². The number of carbonyl (C=O) groups is 2. The minimum Gasteiger partial charge on any atom is -0.444 e. The van der Waals surface area contributed by atoms with Gasteiger partial charge in [0.25, 0.3) is 0 Å². The second-order valence-electron chi connectivity index (χ2n) is 7.21. The van der Waals surface area contributed by atoms with Gasteiger partial charge in [0.2, 0.25) is 5.72 Å². The summed E-state index contributed by atoms with van der Waals surface area (Å²) in [6.45, 7) is 10.3. The number of amides is 1. The van der Waals surface area contributed by atoms with E-state index >= 15 is 0 Å². The maximum Gasteiger partial charge on any atom is 0.410 e. The molecule has 1 aliphatic carbocycles. The number of hydrogen-bond acceptors (Lipinski definition) is 5. The highest BCUT2D eigenvalue weighted by atomic mass is 16.6. The molecular formula is C14H25NO5. The first kappa shape index (κ1) is 16.8. The van der Waals surface area contributed by atoms with Gasteiger partial charge in [-0.3, -0.25) is 10.1 Å². The van der Waals surface area contributed by atoms with Crippen LogP contribution in [0, 0.1) is 5.41 Å². The van der Waals surface area contributed by atoms with Gasteiger partial charge in [0.15, 0.2) is 0 Å². The Bertz CT molecular complexity index is 393. The normalized spacial score (nSPS) is 26.4. The SMILES string of the molecule is CC(C)(C)OC(=O)N[C@@]1(OC(=O)C(C)(C)C)CCC1O. The van der Waals surface area contributed by atoms with Crippen LogP contribution >= 0.6 is 0 Å². The average molecular weight is 287 g/mol. The molecular weight excluding hydrogens is 262 g/mol. The van der Waals surface area contributed by atoms with Gasteiger partial charge in [-0.05, 0) is 48.0 Å². The molecule has 1 amide bonds. The van der Waals surface area contributed by atoms with E-state index in [-0.39, 0.29) is 0 Å². The number of ether oxygens (including phenoxy) is 2. The van der Waals surface area contributed by atoms with Crippen LogP contribution in [0.2, 0.25) is 0 Å². The molecule has 1 rings (SSSR count). The number of aliphatic hydroxyl groups is 1. The second kappa shape index (κ2) is 5.24. The van der Waals surface area contributed by atoms with Crippen molar-refractivity contribution < 1.29 is 24.2 Å². The van der Waals surface area contributed by atoms with Crippen molar-refractivity contribution in [2.45, 2.75) is 71.8 Å². The number of hydrogen-bond donors (Lipinski definition) is 2. The van der Waals surface area contributed by atoms with Crippen LogP contribution in [-0.4, -0.2) is 34.6 Å². The van der Waals surface area contributed by atoms with E-state index in [1.807, 2.05) is 0 Å². The second-order valence-corrected chi connectivity index (χ2v) is 7.21. The third kappa shape index (κ3) is 4.10. The molecule has 2 atom stereocenters. The van der Waals surface area contributed by atoms with E-state index in [0.29, 0.717) is 12.8 Å². The number of alkyl carbamates (subject to hydrolysis) is 1. The van der Waals surface area contributed by atoms with Crippen molar-refractivity contribution >= 4 is 12.1 Å². The van der Waals surface area contributed by atoms with Crippen molar-refractivity contribution in [3.8, 4) is 0 Å². The zero-order valence-electron chi connectivity index (χ0n) is 13.1. The van der Waals surface area contributed by atoms with Gasteiger partial charge in [0.1, 0.15) is 11.7 Å². The maximum absolute atomic E-state index is 12.0. The first-order valence-corrected chi connectivity index (χ1v) is 6.78. The molecule has 2 N–H and O–H groups in total. The third-order valence-electron chi connectivity index (χ3n) is 2.93. The molecule has 0 radical (unpaired) electrons. The zero-order chi connectivity index (χ0) is 15.8. The molecule has 0 heterocycles. The first-order chi connectivity index (χ1) is 8.86. The lowest BCUT2D eigenvalue weighted by molar-refractivity contribution is -0.213. The van der Waals surface area contributed by atoms with Gasteiger partial charge >= 0.3 is 12.1 Å². The van der Waals surface area contributed by atoms with Crippen molar-refractivity contribution in [2.75, 3.05) is 0 Å². The van der Waals surface area contributed by atoms with Crippen molar-refractivity contribution in [3.63, 3.8) is 0 Å². The quantitative estimate of drug-likeness (QED) is 0.599. The average Bonchev–Trinajstić information content (AvgIpc) is 2.21. The van der Waals surface area contributed by atoms with Crippen LogP contribution in [0.5, 0.6) is 0 Å². The summed E-state index contributed by atoms with van der Waals surface area (Å²) in [4.78, 5) is 23.8. The van der Waals surface area contributed by atoms with Crippen LogP contribution in [0.3, 0.4) is 0 Å². The molecule has 0 aliphatic heterocycles. The number of nitrogens with one attached hydrogen (secondary N) is 1. The molecule has 0 saturated heterocycles. The highest BCUT2D eigenvalue weighted by Crippen LogP contribution is 2.36. The maximum atomic E-state index is 12.0. The lowest BCUT2D eigenvalue weighted by Crippen LogP contribution is -2.66. The van der Waals surface area contributed by atoms with E-state index in [1.165, 1.54) is 0 Å². The summed E-state index contributed by atoms with van der Waals surface area (Å²) in [6.07, 6.45) is -0.790. The predicted molar refractivity (Wildman–Crippen MR) is 72.9 cm³/mol. The molecule has 0 aromatic rings. The van der Waals surface area contributed by atoms with Gasteiger partial charge < -0.3 is 14.6 Å². The van der Waals surface area contributed by atoms with Crippen molar-refractivity contribution in [2.24, 2.45) is 5.41 Å². The van der Waals surface area contributed by atoms with Crippen molar-refractivity contribution in [1.29, 1.82) is 0 Å². The number of carbonyl (C=O) groups excluding carboxylic acids is 2. The fourth-order valence-corrected chi connectivity index (χ4v) is 1.62. The molecule has 116 valence electrons. The zero-order valence-corrected chi connectivity index (χ0v) is 13.1. The molecule has 0 aromatic carbocycles. The Hall–Kier alpha value is -1.30. The summed E-state index contributed by atoms with van der Waals surface area (Å²) in [7, 11) is 0. The van der Waals surface area contributed by atoms with Gasteiger partial charge in [0.05, 0.1) is 5.41 Å². The number of rotatable bonds is 2. The molecule has 6 nitrogen and oxygen atoms in total. The Labute approximate surface area is 119 Å². The molecule has 20 heavy (non-hydrogen) atoms. The predicted octanol–water partition coefficient (Wildman–Crippen LogP) is 1.95. The van der Waals surface area contributed by atoms with E-state index < -0.39 is 34.9 Å². The van der Waals surface area contributed by atoms with Crippen molar-refractivity contribution in [1.82, 2.24) is 5.32 Å². The van der Waals surface area contributed by atoms with Crippen LogP contribution in [0.4, 0.5) is 4.79 Å². The fraction of sp³-hybridized carbons (Fsp3) is 0.857. The highest BCUT2D eigenvalue weighted by molar-refractivity contribution is 5.77. The molecule has 1 fully saturated rings. The molecule has 0 bridgehead atoms. The van der Waals surface area contributed by atoms with Gasteiger partial charge in [0, 0.05) is 6.42 Å². The molecule has 0 aromatic heterocycles. The van der Waals surface area contributed by atoms with Crippen LogP contribution in [0.1, 0.15) is 54.4 Å². The summed E-state index contributed by atoms with van der Waals surface area (Å²) in [5.74, 6) is -0.479. The summed E-state index contributed by atoms with van der Waals surface area (Å²) in [6, 6.07) is 0. The van der Waals surface area contributed by atoms with Gasteiger partial charge in [-0.2, -0.15) is 0 Å². The van der Waals surface area contributed by atoms with E-state index in [1.54, 1.807) is 41.5 Å². The van der Waals surface area contributed by atoms with E-state index in [2.05, 4.69) is 5.32 Å². The first-order valence-electron chi connectivity index (χ1n) is 6.78. The van der Waals surface area contributed by atoms with Crippen LogP contribution in [0.15, 0.2) is 0 Å². The monoisotopic (exact) mass is 287 g/mol. The molecule has 6 heteroatoms. The lowest BCUT2D eigenvalue weighted by atomic mass is 9.83. The Morgan fingerprint density at radius 3 is 2.05 bits per heavy atom. The third-order valence-corrected chi connectivity index (χ3v) is 2.93. The van der Waals surface area contributed by atoms with E-state index in [4.69, 9.17) is 9.47 Å². The number of aliphatic hydroxyl groups excluding tert-OH is 1. The smallest absolute Gasteiger partial charge is 0.410 e. The van der Waals surface area contributed by atoms with Gasteiger partial charge in [-0.1, -0.05) is 0 Å².